The van der Waals surface area contributed by atoms with Gasteiger partial charge in [-0.05, 0) is 38.5 Å². The van der Waals surface area contributed by atoms with E-state index in [1.54, 1.807) is 0 Å². The van der Waals surface area contributed by atoms with E-state index in [1.165, 1.54) is 385 Å². The van der Waals surface area contributed by atoms with E-state index >= 15 is 0 Å². The molecule has 0 aliphatic rings. The Kier molecular flexibility index (Phi) is 125. The van der Waals surface area contributed by atoms with Crippen LogP contribution in [0.4, 0.5) is 0 Å². The minimum absolute atomic E-state index is 0. The van der Waals surface area contributed by atoms with Crippen LogP contribution in [-0.4, -0.2) is 65.2 Å². The molecule has 0 spiro atoms. The summed E-state index contributed by atoms with van der Waals surface area (Å²) in [6.45, 7) is 19.3. The maximum absolute atomic E-state index is 4.77. The summed E-state index contributed by atoms with van der Waals surface area (Å²) in [7, 11) is 0. The van der Waals surface area contributed by atoms with Crippen molar-refractivity contribution < 1.29 is 21.1 Å². The normalized spacial score (nSPS) is 10.2. The summed E-state index contributed by atoms with van der Waals surface area (Å²) in [6.07, 6.45) is 82.3. The zero-order chi connectivity index (χ0) is 72.4. The quantitative estimate of drug-likeness (QED) is 0.0151. The van der Waals surface area contributed by atoms with Crippen molar-refractivity contribution in [3.8, 4) is 0 Å². The number of unbranched alkanes of at least 4 members (excludes halogenated alkanes) is 54. The van der Waals surface area contributed by atoms with Crippen LogP contribution in [0.1, 0.15) is 427 Å². The molecule has 19 heteroatoms. The van der Waals surface area contributed by atoms with Crippen molar-refractivity contribution in [1.82, 2.24) is 31.9 Å². The zero-order valence-corrected chi connectivity index (χ0v) is 75.8. The van der Waals surface area contributed by atoms with Crippen LogP contribution in [0.3, 0.4) is 0 Å². The van der Waals surface area contributed by atoms with E-state index in [-0.39, 0.29) is 21.1 Å². The van der Waals surface area contributed by atoms with E-state index in [9.17, 15) is 0 Å². The molecule has 6 nitrogen and oxygen atoms in total. The molecule has 0 saturated carbocycles. The first-order valence-corrected chi connectivity index (χ1v) is 45.2. The van der Waals surface area contributed by atoms with E-state index in [0.29, 0.717) is 25.9 Å². The van der Waals surface area contributed by atoms with Crippen molar-refractivity contribution >= 4 is 175 Å². The second-order valence-corrected chi connectivity index (χ2v) is 32.8. The second-order valence-electron chi connectivity index (χ2n) is 26.4. The van der Waals surface area contributed by atoms with E-state index in [1.807, 2.05) is 0 Å². The summed E-state index contributed by atoms with van der Waals surface area (Å²) in [5.74, 6) is 0. The molecule has 0 amide bonds. The van der Waals surface area contributed by atoms with Crippen molar-refractivity contribution in [3.05, 3.63) is 0 Å². The standard InChI is InChI=1S/6C13H27NS2.Mo/c6*1-2-3-4-5-6-7-8-9-10-11-12-14-13(15)16;/h6*2-12H2,1H3,(H2,14,15,16);/q;;;;;;+6/p-6. The summed E-state index contributed by atoms with van der Waals surface area (Å²) in [6, 6.07) is 0. The van der Waals surface area contributed by atoms with Crippen molar-refractivity contribution in [2.75, 3.05) is 39.3 Å². The first-order chi connectivity index (χ1) is 46.6. The third kappa shape index (κ3) is 141. The van der Waals surface area contributed by atoms with Gasteiger partial charge in [0.15, 0.2) is 0 Å². The maximum Gasteiger partial charge on any atom is 6.00 e. The Morgan fingerprint density at radius 1 is 0.155 bits per heavy atom. The van der Waals surface area contributed by atoms with Crippen molar-refractivity contribution in [3.63, 3.8) is 0 Å². The summed E-state index contributed by atoms with van der Waals surface area (Å²) in [5.41, 5.74) is 0. The first-order valence-electron chi connectivity index (χ1n) is 40.3. The first kappa shape index (κ1) is 112. The van der Waals surface area contributed by atoms with Crippen LogP contribution in [-0.2, 0) is 96.8 Å². The van der Waals surface area contributed by atoms with Gasteiger partial charge < -0.3 is 181 Å². The van der Waals surface area contributed by atoms with Gasteiger partial charge in [-0.15, -0.1) is 0 Å². The predicted octanol–water partition coefficient (Wildman–Crippen LogP) is 26.0. The van der Waals surface area contributed by atoms with Gasteiger partial charge in [-0.1, -0.05) is 414 Å². The fourth-order valence-electron chi connectivity index (χ4n) is 10.8. The zero-order valence-electron chi connectivity index (χ0n) is 64.0. The largest absolute Gasteiger partial charge is 6.00 e. The molecule has 6 N–H and O–H groups in total. The number of thiocarbonyl (C=S) groups is 6. The van der Waals surface area contributed by atoms with Crippen molar-refractivity contribution in [1.29, 1.82) is 0 Å². The molecule has 97 heavy (non-hydrogen) atoms. The third-order valence-electron chi connectivity index (χ3n) is 16.8. The van der Waals surface area contributed by atoms with E-state index in [2.05, 4.69) is 73.4 Å². The van der Waals surface area contributed by atoms with Crippen LogP contribution in [0.5, 0.6) is 0 Å². The van der Waals surface area contributed by atoms with Crippen molar-refractivity contribution in [2.24, 2.45) is 0 Å². The molecular weight excluding hydrogens is 1500 g/mol. The van der Waals surface area contributed by atoms with Gasteiger partial charge in [0.1, 0.15) is 0 Å². The van der Waals surface area contributed by atoms with Crippen LogP contribution < -0.4 is 31.9 Å². The Bertz CT molecular complexity index is 1250. The SMILES string of the molecule is CCCCCCCCCCCCNC(=S)[S-].CCCCCCCCCCCCNC(=S)[S-].CCCCCCCCCCCCNC(=S)[S-].CCCCCCCCCCCCNC(=S)[S-].CCCCCCCCCCCCNC(=S)[S-].CCCCCCCCCCCCNC(=S)[S-].[Mo+6]. The Morgan fingerprint density at radius 2 is 0.227 bits per heavy atom. The van der Waals surface area contributed by atoms with Crippen LogP contribution >= 0.6 is 73.3 Å². The predicted molar refractivity (Wildman–Crippen MR) is 479 cm³/mol. The second kappa shape index (κ2) is 108. The molecular formula is C78H156MoN6S12. The van der Waals surface area contributed by atoms with Gasteiger partial charge in [0.25, 0.3) is 0 Å². The molecule has 0 aromatic carbocycles. The van der Waals surface area contributed by atoms with E-state index < -0.39 is 0 Å². The van der Waals surface area contributed by atoms with E-state index in [4.69, 9.17) is 149 Å². The summed E-state index contributed by atoms with van der Waals surface area (Å²) < 4.78 is 3.06. The van der Waals surface area contributed by atoms with Crippen LogP contribution in [0.2, 0.25) is 0 Å². The molecule has 0 aliphatic heterocycles. The molecule has 0 saturated heterocycles. The molecule has 0 fully saturated rings. The molecule has 0 aromatic heterocycles. The molecule has 0 aromatic rings. The average Bonchev–Trinajstić information content (AvgIpc) is 3.59. The van der Waals surface area contributed by atoms with Crippen LogP contribution in [0.15, 0.2) is 0 Å². The Labute approximate surface area is 687 Å². The Morgan fingerprint density at radius 3 is 0.299 bits per heavy atom. The molecule has 0 unspecified atom stereocenters. The van der Waals surface area contributed by atoms with Crippen LogP contribution in [0.25, 0.3) is 0 Å². The Balaban J connectivity index is -0.000000200. The van der Waals surface area contributed by atoms with Gasteiger partial charge in [-0.25, -0.2) is 0 Å². The number of rotatable bonds is 66. The summed E-state index contributed by atoms with van der Waals surface area (Å²) in [4.78, 5) is 0. The molecule has 0 bridgehead atoms. The average molecular weight is 1660 g/mol. The topological polar surface area (TPSA) is 72.2 Å². The maximum atomic E-state index is 4.77. The third-order valence-corrected chi connectivity index (χ3v) is 18.5. The van der Waals surface area contributed by atoms with Crippen LogP contribution in [0, 0.1) is 0 Å². The number of hydrogen-bond donors (Lipinski definition) is 6. The molecule has 0 radical (unpaired) electrons. The number of nitrogens with one attached hydrogen (secondary N) is 6. The summed E-state index contributed by atoms with van der Waals surface area (Å²) in [5, 5.41) is 18.1. The van der Waals surface area contributed by atoms with Gasteiger partial charge in [-0.2, -0.15) is 0 Å². The Hall–Kier alpha value is 1.35. The molecule has 0 heterocycles. The molecule has 0 atom stereocenters. The fraction of sp³-hybridized carbons (Fsp3) is 0.923. The number of hydrogen-bond acceptors (Lipinski definition) is 12. The van der Waals surface area contributed by atoms with Gasteiger partial charge in [0.2, 0.25) is 0 Å². The van der Waals surface area contributed by atoms with Gasteiger partial charge in [0, 0.05) is 39.3 Å². The van der Waals surface area contributed by atoms with Crippen molar-refractivity contribution in [2.45, 2.75) is 427 Å². The molecule has 0 aliphatic carbocycles. The minimum Gasteiger partial charge on any atom is -0.412 e. The minimum atomic E-state index is 0. The monoisotopic (exact) mass is 1660 g/mol. The smallest absolute Gasteiger partial charge is 0.412 e. The van der Waals surface area contributed by atoms with Gasteiger partial charge in [0.05, 0.1) is 0 Å². The van der Waals surface area contributed by atoms with E-state index in [0.717, 1.165) is 39.3 Å². The molecule has 0 rings (SSSR count). The van der Waals surface area contributed by atoms with Gasteiger partial charge in [-0.3, -0.25) is 0 Å². The summed E-state index contributed by atoms with van der Waals surface area (Å²) >= 11 is 57.2. The fourth-order valence-corrected chi connectivity index (χ4v) is 12.0. The van der Waals surface area contributed by atoms with Gasteiger partial charge >= 0.3 is 21.1 Å². The molecule has 576 valence electrons.